The summed E-state index contributed by atoms with van der Waals surface area (Å²) in [6, 6.07) is 12.1. The molecule has 112 valence electrons. The number of ether oxygens (including phenoxy) is 1. The van der Waals surface area contributed by atoms with Crippen molar-refractivity contribution in [3.63, 3.8) is 0 Å². The number of nitrogens with two attached hydrogens (primary N) is 1. The predicted octanol–water partition coefficient (Wildman–Crippen LogP) is 3.71. The molecule has 0 saturated carbocycles. The zero-order chi connectivity index (χ0) is 15.4. The first-order valence-electron chi connectivity index (χ1n) is 6.90. The van der Waals surface area contributed by atoms with Gasteiger partial charge in [0.05, 0.1) is 13.2 Å². The first kappa shape index (κ1) is 15.8. The van der Waals surface area contributed by atoms with Gasteiger partial charge in [-0.3, -0.25) is 11.3 Å². The standard InChI is InChI=1S/C17H21ClN2O/c1-11-4-5-17(21-3)14(6-11)10-16(20-19)13-7-12(2)8-15(18)9-13/h4-9,16,20H,10,19H2,1-3H3. The van der Waals surface area contributed by atoms with Crippen LogP contribution < -0.4 is 16.0 Å². The minimum atomic E-state index is -0.0156. The largest absolute Gasteiger partial charge is 0.496 e. The molecule has 0 amide bonds. The average Bonchev–Trinajstić information content (AvgIpc) is 2.43. The molecule has 4 heteroatoms. The van der Waals surface area contributed by atoms with E-state index in [1.54, 1.807) is 7.11 Å². The number of rotatable bonds is 5. The predicted molar refractivity (Wildman–Crippen MR) is 87.7 cm³/mol. The number of nitrogens with one attached hydrogen (secondary N) is 1. The average molecular weight is 305 g/mol. The second-order valence-electron chi connectivity index (χ2n) is 5.30. The van der Waals surface area contributed by atoms with Gasteiger partial charge in [0.2, 0.25) is 0 Å². The molecule has 0 aliphatic rings. The van der Waals surface area contributed by atoms with E-state index in [0.29, 0.717) is 0 Å². The lowest BCUT2D eigenvalue weighted by Crippen LogP contribution is -2.29. The summed E-state index contributed by atoms with van der Waals surface area (Å²) in [5.74, 6) is 6.62. The second kappa shape index (κ2) is 6.94. The summed E-state index contributed by atoms with van der Waals surface area (Å²) in [7, 11) is 1.68. The van der Waals surface area contributed by atoms with Gasteiger partial charge in [-0.2, -0.15) is 0 Å². The van der Waals surface area contributed by atoms with Crippen LogP contribution in [0.2, 0.25) is 5.02 Å². The van der Waals surface area contributed by atoms with Crippen LogP contribution in [0.15, 0.2) is 36.4 Å². The molecule has 0 aliphatic carbocycles. The van der Waals surface area contributed by atoms with Crippen LogP contribution in [0, 0.1) is 13.8 Å². The van der Waals surface area contributed by atoms with Crippen LogP contribution in [0.25, 0.3) is 0 Å². The van der Waals surface area contributed by atoms with Crippen molar-refractivity contribution in [1.82, 2.24) is 5.43 Å². The van der Waals surface area contributed by atoms with Gasteiger partial charge in [0.15, 0.2) is 0 Å². The van der Waals surface area contributed by atoms with Gasteiger partial charge in [0, 0.05) is 5.02 Å². The zero-order valence-corrected chi connectivity index (χ0v) is 13.4. The van der Waals surface area contributed by atoms with Crippen molar-refractivity contribution >= 4 is 11.6 Å². The van der Waals surface area contributed by atoms with Crippen molar-refractivity contribution in [2.45, 2.75) is 26.3 Å². The van der Waals surface area contributed by atoms with Crippen molar-refractivity contribution in [2.24, 2.45) is 5.84 Å². The van der Waals surface area contributed by atoms with Crippen LogP contribution >= 0.6 is 11.6 Å². The molecular formula is C17H21ClN2O. The molecule has 0 aliphatic heterocycles. The van der Waals surface area contributed by atoms with Gasteiger partial charge in [0.25, 0.3) is 0 Å². The Hall–Kier alpha value is -1.55. The van der Waals surface area contributed by atoms with Crippen molar-refractivity contribution in [3.8, 4) is 5.75 Å². The maximum absolute atomic E-state index is 6.14. The third-order valence-corrected chi connectivity index (χ3v) is 3.75. The SMILES string of the molecule is COc1ccc(C)cc1CC(NN)c1cc(C)cc(Cl)c1. The number of methoxy groups -OCH3 is 1. The normalized spacial score (nSPS) is 12.2. The molecular weight excluding hydrogens is 284 g/mol. The molecule has 2 aromatic carbocycles. The zero-order valence-electron chi connectivity index (χ0n) is 12.6. The van der Waals surface area contributed by atoms with E-state index < -0.39 is 0 Å². The molecule has 2 rings (SSSR count). The van der Waals surface area contributed by atoms with Gasteiger partial charge in [-0.25, -0.2) is 0 Å². The second-order valence-corrected chi connectivity index (χ2v) is 5.74. The monoisotopic (exact) mass is 304 g/mol. The van der Waals surface area contributed by atoms with Crippen molar-refractivity contribution in [3.05, 3.63) is 63.7 Å². The Bertz CT molecular complexity index is 608. The molecule has 0 bridgehead atoms. The number of halogens is 1. The lowest BCUT2D eigenvalue weighted by Gasteiger charge is -2.19. The summed E-state index contributed by atoms with van der Waals surface area (Å²) < 4.78 is 5.43. The molecule has 0 heterocycles. The van der Waals surface area contributed by atoms with E-state index in [0.717, 1.165) is 33.9 Å². The van der Waals surface area contributed by atoms with Gasteiger partial charge in [-0.05, 0) is 55.2 Å². The summed E-state index contributed by atoms with van der Waals surface area (Å²) in [6.07, 6.45) is 0.737. The number of benzene rings is 2. The fourth-order valence-corrected chi connectivity index (χ4v) is 2.82. The fourth-order valence-electron chi connectivity index (χ4n) is 2.53. The summed E-state index contributed by atoms with van der Waals surface area (Å²) >= 11 is 6.14. The fraction of sp³-hybridized carbons (Fsp3) is 0.294. The Morgan fingerprint density at radius 1 is 1.14 bits per heavy atom. The Labute approximate surface area is 131 Å². The highest BCUT2D eigenvalue weighted by Gasteiger charge is 2.14. The number of hydrazine groups is 1. The van der Waals surface area contributed by atoms with E-state index in [4.69, 9.17) is 22.2 Å². The summed E-state index contributed by atoms with van der Waals surface area (Å²) in [5.41, 5.74) is 7.39. The molecule has 0 fully saturated rings. The lowest BCUT2D eigenvalue weighted by molar-refractivity contribution is 0.405. The summed E-state index contributed by atoms with van der Waals surface area (Å²) in [6.45, 7) is 4.09. The van der Waals surface area contributed by atoms with Gasteiger partial charge < -0.3 is 4.74 Å². The Morgan fingerprint density at radius 3 is 2.52 bits per heavy atom. The smallest absolute Gasteiger partial charge is 0.122 e. The van der Waals surface area contributed by atoms with Gasteiger partial charge in [0.1, 0.15) is 5.75 Å². The van der Waals surface area contributed by atoms with Crippen molar-refractivity contribution < 1.29 is 4.74 Å². The maximum atomic E-state index is 6.14. The first-order valence-corrected chi connectivity index (χ1v) is 7.28. The molecule has 0 radical (unpaired) electrons. The molecule has 3 nitrogen and oxygen atoms in total. The molecule has 21 heavy (non-hydrogen) atoms. The highest BCUT2D eigenvalue weighted by atomic mass is 35.5. The molecule has 1 atom stereocenters. The molecule has 0 saturated heterocycles. The topological polar surface area (TPSA) is 47.3 Å². The van der Waals surface area contributed by atoms with Crippen LogP contribution in [0.3, 0.4) is 0 Å². The van der Waals surface area contributed by atoms with Crippen molar-refractivity contribution in [1.29, 1.82) is 0 Å². The summed E-state index contributed by atoms with van der Waals surface area (Å²) in [5, 5.41) is 0.724. The third kappa shape index (κ3) is 3.97. The van der Waals surface area contributed by atoms with Crippen LogP contribution in [0.4, 0.5) is 0 Å². The molecule has 1 unspecified atom stereocenters. The number of aryl methyl sites for hydroxylation is 2. The van der Waals surface area contributed by atoms with E-state index in [2.05, 4.69) is 24.5 Å². The lowest BCUT2D eigenvalue weighted by atomic mass is 9.96. The van der Waals surface area contributed by atoms with Crippen LogP contribution in [0.5, 0.6) is 5.75 Å². The number of hydrogen-bond donors (Lipinski definition) is 2. The highest BCUT2D eigenvalue weighted by Crippen LogP contribution is 2.27. The third-order valence-electron chi connectivity index (χ3n) is 3.53. The minimum absolute atomic E-state index is 0.0156. The Morgan fingerprint density at radius 2 is 1.90 bits per heavy atom. The maximum Gasteiger partial charge on any atom is 0.122 e. The van der Waals surface area contributed by atoms with Crippen LogP contribution in [-0.4, -0.2) is 7.11 Å². The Kier molecular flexibility index (Phi) is 5.23. The first-order chi connectivity index (χ1) is 10.0. The van der Waals surface area contributed by atoms with Crippen LogP contribution in [0.1, 0.15) is 28.3 Å². The van der Waals surface area contributed by atoms with E-state index in [1.807, 2.05) is 31.2 Å². The molecule has 0 spiro atoms. The molecule has 0 aromatic heterocycles. The van der Waals surface area contributed by atoms with E-state index in [1.165, 1.54) is 5.56 Å². The highest BCUT2D eigenvalue weighted by molar-refractivity contribution is 6.30. The minimum Gasteiger partial charge on any atom is -0.496 e. The van der Waals surface area contributed by atoms with Gasteiger partial charge >= 0.3 is 0 Å². The molecule has 3 N–H and O–H groups in total. The van der Waals surface area contributed by atoms with E-state index in [-0.39, 0.29) is 6.04 Å². The van der Waals surface area contributed by atoms with Gasteiger partial charge in [-0.15, -0.1) is 0 Å². The van der Waals surface area contributed by atoms with Gasteiger partial charge in [-0.1, -0.05) is 35.4 Å². The quantitative estimate of drug-likeness (QED) is 0.654. The summed E-state index contributed by atoms with van der Waals surface area (Å²) in [4.78, 5) is 0. The van der Waals surface area contributed by atoms with E-state index >= 15 is 0 Å². The van der Waals surface area contributed by atoms with E-state index in [9.17, 15) is 0 Å². The number of hydrogen-bond acceptors (Lipinski definition) is 3. The van der Waals surface area contributed by atoms with Crippen LogP contribution in [-0.2, 0) is 6.42 Å². The van der Waals surface area contributed by atoms with Crippen molar-refractivity contribution in [2.75, 3.05) is 7.11 Å². The molecule has 2 aromatic rings. The Balaban J connectivity index is 2.32.